The Kier molecular flexibility index (Phi) is 7.02. The molecule has 8 heteroatoms. The van der Waals surface area contributed by atoms with Gasteiger partial charge in [0.25, 0.3) is 5.56 Å². The van der Waals surface area contributed by atoms with Crippen molar-refractivity contribution in [2.45, 2.75) is 57.8 Å². The van der Waals surface area contributed by atoms with E-state index in [9.17, 15) is 9.18 Å². The second-order valence-corrected chi connectivity index (χ2v) is 10.5. The first-order chi connectivity index (χ1) is 19.0. The zero-order valence-electron chi connectivity index (χ0n) is 21.9. The second-order valence-electron chi connectivity index (χ2n) is 10.5. The summed E-state index contributed by atoms with van der Waals surface area (Å²) < 4.78 is 15.7. The van der Waals surface area contributed by atoms with E-state index in [1.807, 2.05) is 54.1 Å². The van der Waals surface area contributed by atoms with E-state index in [1.54, 1.807) is 12.1 Å². The minimum atomic E-state index is -0.527. The molecular weight excluding hydrogens is 491 g/mol. The smallest absolute Gasteiger partial charge is 0.253 e. The van der Waals surface area contributed by atoms with Gasteiger partial charge in [-0.3, -0.25) is 9.69 Å². The number of hydrogen-bond donors (Lipinski definition) is 1. The summed E-state index contributed by atoms with van der Waals surface area (Å²) >= 11 is 0. The number of tetrazole rings is 1. The number of nitrogens with one attached hydrogen (secondary N) is 1. The maximum absolute atomic E-state index is 13.8. The molecule has 2 aromatic heterocycles. The van der Waals surface area contributed by atoms with E-state index in [4.69, 9.17) is 0 Å². The average Bonchev–Trinajstić information content (AvgIpc) is 3.64. The molecule has 0 radical (unpaired) electrons. The van der Waals surface area contributed by atoms with E-state index in [1.165, 1.54) is 12.1 Å². The molecule has 198 valence electrons. The second kappa shape index (κ2) is 10.9. The largest absolute Gasteiger partial charge is 0.322 e. The van der Waals surface area contributed by atoms with E-state index in [-0.39, 0.29) is 17.4 Å². The summed E-state index contributed by atoms with van der Waals surface area (Å²) in [6.45, 7) is 3.03. The van der Waals surface area contributed by atoms with Crippen molar-refractivity contribution >= 4 is 10.9 Å². The molecule has 0 unspecified atom stereocenters. The van der Waals surface area contributed by atoms with E-state index >= 15 is 0 Å². The van der Waals surface area contributed by atoms with Crippen LogP contribution in [0.5, 0.6) is 0 Å². The highest BCUT2D eigenvalue weighted by molar-refractivity contribution is 5.79. The van der Waals surface area contributed by atoms with Crippen LogP contribution in [0, 0.1) is 12.7 Å². The molecule has 0 aliphatic heterocycles. The molecule has 1 N–H and O–H groups in total. The Bertz CT molecular complexity index is 1620. The van der Waals surface area contributed by atoms with Crippen LogP contribution in [0.3, 0.4) is 0 Å². The van der Waals surface area contributed by atoms with Crippen LogP contribution in [0.4, 0.5) is 4.39 Å². The van der Waals surface area contributed by atoms with Crippen molar-refractivity contribution in [3.63, 3.8) is 0 Å². The summed E-state index contributed by atoms with van der Waals surface area (Å²) in [5, 5.41) is 14.0. The van der Waals surface area contributed by atoms with Gasteiger partial charge < -0.3 is 4.98 Å². The highest BCUT2D eigenvalue weighted by atomic mass is 19.1. The van der Waals surface area contributed by atoms with E-state index in [2.05, 4.69) is 37.5 Å². The molecule has 7 nitrogen and oxygen atoms in total. The van der Waals surface area contributed by atoms with Crippen LogP contribution in [0.2, 0.25) is 0 Å². The quantitative estimate of drug-likeness (QED) is 0.276. The minimum absolute atomic E-state index is 0.170. The van der Waals surface area contributed by atoms with Crippen LogP contribution < -0.4 is 5.56 Å². The average molecular weight is 523 g/mol. The molecule has 6 rings (SSSR count). The van der Waals surface area contributed by atoms with Crippen molar-refractivity contribution in [2.75, 3.05) is 0 Å². The zero-order chi connectivity index (χ0) is 26.8. The molecule has 2 heterocycles. The number of benzene rings is 3. The number of aryl methyl sites for hydroxylation is 1. The Labute approximate surface area is 226 Å². The fraction of sp³-hybridized carbons (Fsp3) is 0.290. The Morgan fingerprint density at radius 2 is 1.69 bits per heavy atom. The summed E-state index contributed by atoms with van der Waals surface area (Å²) in [7, 11) is 0. The van der Waals surface area contributed by atoms with E-state index in [0.29, 0.717) is 24.5 Å². The number of aromatic amines is 1. The van der Waals surface area contributed by atoms with Crippen molar-refractivity contribution < 1.29 is 4.39 Å². The molecule has 0 saturated heterocycles. The van der Waals surface area contributed by atoms with Gasteiger partial charge in [-0.1, -0.05) is 67.4 Å². The molecule has 5 aromatic rings. The molecule has 1 saturated carbocycles. The van der Waals surface area contributed by atoms with Gasteiger partial charge in [-0.25, -0.2) is 9.07 Å². The van der Waals surface area contributed by atoms with Crippen LogP contribution >= 0.6 is 0 Å². The fourth-order valence-electron chi connectivity index (χ4n) is 5.70. The van der Waals surface area contributed by atoms with Crippen LogP contribution in [-0.2, 0) is 13.1 Å². The third kappa shape index (κ3) is 5.38. The van der Waals surface area contributed by atoms with Gasteiger partial charge in [0.1, 0.15) is 11.9 Å². The lowest BCUT2D eigenvalue weighted by molar-refractivity contribution is 0.190. The van der Waals surface area contributed by atoms with Crippen LogP contribution in [0.15, 0.2) is 83.7 Å². The number of fused-ring (bicyclic) bond motifs is 1. The lowest BCUT2D eigenvalue weighted by Crippen LogP contribution is -2.35. The summed E-state index contributed by atoms with van der Waals surface area (Å²) in [6, 6.07) is 24.4. The molecule has 0 spiro atoms. The third-order valence-electron chi connectivity index (χ3n) is 7.65. The number of rotatable bonds is 8. The molecule has 1 atom stereocenters. The van der Waals surface area contributed by atoms with Gasteiger partial charge >= 0.3 is 0 Å². The minimum Gasteiger partial charge on any atom is -0.322 e. The maximum Gasteiger partial charge on any atom is 0.253 e. The van der Waals surface area contributed by atoms with Gasteiger partial charge in [-0.15, -0.1) is 5.10 Å². The van der Waals surface area contributed by atoms with Gasteiger partial charge in [-0.05, 0) is 76.5 Å². The molecule has 1 fully saturated rings. The first-order valence-corrected chi connectivity index (χ1v) is 13.5. The molecule has 1 aliphatic carbocycles. The SMILES string of the molecule is Cc1ccc2cc([C@H](c3nnnn3C3CCCC3)N(Cc3ccccc3)Cc3ccc(F)cc3)c(=O)[nH]c2c1. The molecular formula is C31H31FN6O. The number of aromatic nitrogens is 5. The Morgan fingerprint density at radius 3 is 2.44 bits per heavy atom. The summed E-state index contributed by atoms with van der Waals surface area (Å²) in [5.74, 6) is 0.369. The monoisotopic (exact) mass is 522 g/mol. The Hall–Kier alpha value is -4.17. The van der Waals surface area contributed by atoms with Crippen LogP contribution in [0.1, 0.15) is 65.8 Å². The standard InChI is InChI=1S/C31H31FN6O/c1-21-11-14-24-18-27(31(39)33-28(24)17-21)29(30-34-35-36-38(30)26-9-5-6-10-26)37(19-22-7-3-2-4-8-22)20-23-12-15-25(32)16-13-23/h2-4,7-8,11-18,26,29H,5-6,9-10,19-20H2,1H3,(H,33,39)/t29-/m1/s1. The lowest BCUT2D eigenvalue weighted by Gasteiger charge is -2.32. The zero-order valence-corrected chi connectivity index (χ0v) is 21.9. The maximum atomic E-state index is 13.8. The normalized spacial score (nSPS) is 14.8. The van der Waals surface area contributed by atoms with Gasteiger partial charge in [0, 0.05) is 24.2 Å². The fourth-order valence-corrected chi connectivity index (χ4v) is 5.70. The number of pyridine rings is 1. The summed E-state index contributed by atoms with van der Waals surface area (Å²) in [6.07, 6.45) is 4.28. The highest BCUT2D eigenvalue weighted by Crippen LogP contribution is 2.35. The van der Waals surface area contributed by atoms with Crippen LogP contribution in [-0.4, -0.2) is 30.1 Å². The number of H-pyrrole nitrogens is 1. The van der Waals surface area contributed by atoms with Gasteiger partial charge in [0.15, 0.2) is 5.82 Å². The van der Waals surface area contributed by atoms with Gasteiger partial charge in [0.2, 0.25) is 0 Å². The molecule has 1 aliphatic rings. The van der Waals surface area contributed by atoms with Crippen molar-refractivity contribution in [1.82, 2.24) is 30.1 Å². The number of nitrogens with zero attached hydrogens (tertiary/aromatic N) is 5. The van der Waals surface area contributed by atoms with E-state index < -0.39 is 6.04 Å². The lowest BCUT2D eigenvalue weighted by atomic mass is 10.0. The van der Waals surface area contributed by atoms with Crippen molar-refractivity contribution in [3.05, 3.63) is 123 Å². The first-order valence-electron chi connectivity index (χ1n) is 13.5. The van der Waals surface area contributed by atoms with Crippen LogP contribution in [0.25, 0.3) is 10.9 Å². The highest BCUT2D eigenvalue weighted by Gasteiger charge is 2.33. The third-order valence-corrected chi connectivity index (χ3v) is 7.65. The molecule has 0 bridgehead atoms. The van der Waals surface area contributed by atoms with Crippen molar-refractivity contribution in [3.8, 4) is 0 Å². The van der Waals surface area contributed by atoms with Gasteiger partial charge in [-0.2, -0.15) is 0 Å². The Balaban J connectivity index is 1.53. The topological polar surface area (TPSA) is 79.7 Å². The summed E-state index contributed by atoms with van der Waals surface area (Å²) in [5.41, 5.74) is 4.32. The van der Waals surface area contributed by atoms with Gasteiger partial charge in [0.05, 0.1) is 6.04 Å². The first kappa shape index (κ1) is 25.1. The predicted molar refractivity (Wildman–Crippen MR) is 149 cm³/mol. The summed E-state index contributed by atoms with van der Waals surface area (Å²) in [4.78, 5) is 19.1. The number of hydrogen-bond acceptors (Lipinski definition) is 5. The Morgan fingerprint density at radius 1 is 0.974 bits per heavy atom. The predicted octanol–water partition coefficient (Wildman–Crippen LogP) is 5.87. The van der Waals surface area contributed by atoms with Crippen molar-refractivity contribution in [2.24, 2.45) is 0 Å². The van der Waals surface area contributed by atoms with Crippen molar-refractivity contribution in [1.29, 1.82) is 0 Å². The molecule has 39 heavy (non-hydrogen) atoms. The molecule has 0 amide bonds. The number of halogens is 1. The molecule has 3 aromatic carbocycles. The van der Waals surface area contributed by atoms with E-state index in [0.717, 1.165) is 53.3 Å².